The summed E-state index contributed by atoms with van der Waals surface area (Å²) in [6.45, 7) is 4.74. The predicted molar refractivity (Wildman–Crippen MR) is 80.6 cm³/mol. The molecule has 0 spiro atoms. The van der Waals surface area contributed by atoms with Gasteiger partial charge in [-0.2, -0.15) is 0 Å². The lowest BCUT2D eigenvalue weighted by molar-refractivity contribution is 0.0263. The molecule has 0 aromatic heterocycles. The number of rotatable bonds is 5. The Morgan fingerprint density at radius 2 is 2.26 bits per heavy atom. The summed E-state index contributed by atoms with van der Waals surface area (Å²) in [5.41, 5.74) is 7.03. The van der Waals surface area contributed by atoms with Crippen LogP contribution in [0.5, 0.6) is 5.75 Å². The molecule has 106 valence electrons. The van der Waals surface area contributed by atoms with Gasteiger partial charge in [-0.15, -0.1) is 0 Å². The van der Waals surface area contributed by atoms with E-state index in [0.29, 0.717) is 12.7 Å². The highest BCUT2D eigenvalue weighted by atomic mass is 79.9. The van der Waals surface area contributed by atoms with E-state index in [2.05, 4.69) is 35.0 Å². The van der Waals surface area contributed by atoms with Crippen molar-refractivity contribution in [2.24, 2.45) is 5.73 Å². The Hall–Kier alpha value is -0.580. The summed E-state index contributed by atoms with van der Waals surface area (Å²) in [4.78, 5) is 0. The number of benzene rings is 1. The van der Waals surface area contributed by atoms with Crippen LogP contribution in [0, 0.1) is 0 Å². The van der Waals surface area contributed by atoms with Crippen molar-refractivity contribution in [2.45, 2.75) is 51.4 Å². The summed E-state index contributed by atoms with van der Waals surface area (Å²) < 4.78 is 12.6. The highest BCUT2D eigenvalue weighted by Crippen LogP contribution is 2.28. The molecule has 2 rings (SSSR count). The van der Waals surface area contributed by atoms with Crippen molar-refractivity contribution in [3.05, 3.63) is 28.2 Å². The second kappa shape index (κ2) is 6.73. The fraction of sp³-hybridized carbons (Fsp3) is 0.600. The third-order valence-electron chi connectivity index (χ3n) is 3.30. The summed E-state index contributed by atoms with van der Waals surface area (Å²) in [7, 11) is 0. The molecule has 3 nitrogen and oxygen atoms in total. The summed E-state index contributed by atoms with van der Waals surface area (Å²) >= 11 is 3.55. The summed E-state index contributed by atoms with van der Waals surface area (Å²) in [5.74, 6) is 0.872. The first-order chi connectivity index (χ1) is 9.04. The molecule has 1 heterocycles. The molecule has 0 bridgehead atoms. The maximum Gasteiger partial charge on any atom is 0.133 e. The van der Waals surface area contributed by atoms with Gasteiger partial charge < -0.3 is 15.2 Å². The summed E-state index contributed by atoms with van der Waals surface area (Å²) in [6, 6.07) is 6.32. The summed E-state index contributed by atoms with van der Waals surface area (Å²) in [5, 5.41) is 0. The minimum Gasteiger partial charge on any atom is -0.490 e. The molecule has 0 aliphatic carbocycles. The van der Waals surface area contributed by atoms with Gasteiger partial charge in [-0.25, -0.2) is 0 Å². The van der Waals surface area contributed by atoms with Gasteiger partial charge in [0.25, 0.3) is 0 Å². The molecule has 3 atom stereocenters. The maximum absolute atomic E-state index is 5.83. The lowest BCUT2D eigenvalue weighted by Crippen LogP contribution is -2.18. The van der Waals surface area contributed by atoms with Crippen LogP contribution in [0.25, 0.3) is 0 Å². The molecule has 19 heavy (non-hydrogen) atoms. The van der Waals surface area contributed by atoms with Crippen molar-refractivity contribution >= 4 is 15.9 Å². The molecule has 1 fully saturated rings. The standard InChI is InChI=1S/C15H22BrNO2/c1-10(17)7-12-4-6-15(14(16)8-12)18-9-13-5-3-11(2)19-13/h4,6,8,10-11,13H,3,5,7,9,17H2,1-2H3. The smallest absolute Gasteiger partial charge is 0.133 e. The van der Waals surface area contributed by atoms with Crippen LogP contribution in [-0.4, -0.2) is 24.9 Å². The van der Waals surface area contributed by atoms with Gasteiger partial charge in [0, 0.05) is 6.04 Å². The van der Waals surface area contributed by atoms with Gasteiger partial charge in [0.2, 0.25) is 0 Å². The molecule has 2 N–H and O–H groups in total. The van der Waals surface area contributed by atoms with Crippen LogP contribution in [0.2, 0.25) is 0 Å². The van der Waals surface area contributed by atoms with E-state index in [-0.39, 0.29) is 12.1 Å². The van der Waals surface area contributed by atoms with E-state index in [9.17, 15) is 0 Å². The average Bonchev–Trinajstić information content (AvgIpc) is 2.73. The fourth-order valence-corrected chi connectivity index (χ4v) is 2.89. The number of nitrogens with two attached hydrogens (primary N) is 1. The maximum atomic E-state index is 5.83. The van der Waals surface area contributed by atoms with Crippen LogP contribution in [0.4, 0.5) is 0 Å². The van der Waals surface area contributed by atoms with E-state index >= 15 is 0 Å². The highest BCUT2D eigenvalue weighted by Gasteiger charge is 2.22. The van der Waals surface area contributed by atoms with Crippen LogP contribution >= 0.6 is 15.9 Å². The first-order valence-electron chi connectivity index (χ1n) is 6.87. The molecule has 3 unspecified atom stereocenters. The zero-order chi connectivity index (χ0) is 13.8. The fourth-order valence-electron chi connectivity index (χ4n) is 2.35. The Kier molecular flexibility index (Phi) is 5.25. The van der Waals surface area contributed by atoms with E-state index in [1.165, 1.54) is 5.56 Å². The molecule has 1 aromatic rings. The minimum atomic E-state index is 0.173. The topological polar surface area (TPSA) is 44.5 Å². The van der Waals surface area contributed by atoms with Crippen LogP contribution in [0.1, 0.15) is 32.3 Å². The molecular formula is C15H22BrNO2. The number of hydrogen-bond acceptors (Lipinski definition) is 3. The van der Waals surface area contributed by atoms with E-state index in [1.807, 2.05) is 13.0 Å². The second-order valence-electron chi connectivity index (χ2n) is 5.40. The van der Waals surface area contributed by atoms with E-state index in [4.69, 9.17) is 15.2 Å². The number of halogens is 1. The molecule has 4 heteroatoms. The second-order valence-corrected chi connectivity index (χ2v) is 6.26. The Labute approximate surface area is 123 Å². The lowest BCUT2D eigenvalue weighted by Gasteiger charge is -2.14. The SMILES string of the molecule is CC(N)Cc1ccc(OCC2CCC(C)O2)c(Br)c1. The van der Waals surface area contributed by atoms with E-state index < -0.39 is 0 Å². The van der Waals surface area contributed by atoms with Crippen molar-refractivity contribution in [3.8, 4) is 5.75 Å². The highest BCUT2D eigenvalue weighted by molar-refractivity contribution is 9.10. The van der Waals surface area contributed by atoms with E-state index in [0.717, 1.165) is 29.5 Å². The van der Waals surface area contributed by atoms with Crippen molar-refractivity contribution in [1.29, 1.82) is 0 Å². The Bertz CT molecular complexity index is 423. The molecule has 1 aliphatic heterocycles. The monoisotopic (exact) mass is 327 g/mol. The van der Waals surface area contributed by atoms with Gasteiger partial charge in [-0.3, -0.25) is 0 Å². The van der Waals surface area contributed by atoms with Crippen LogP contribution in [0.3, 0.4) is 0 Å². The minimum absolute atomic E-state index is 0.173. The van der Waals surface area contributed by atoms with Crippen LogP contribution in [-0.2, 0) is 11.2 Å². The molecule has 0 radical (unpaired) electrons. The lowest BCUT2D eigenvalue weighted by atomic mass is 10.1. The zero-order valence-electron chi connectivity index (χ0n) is 11.6. The van der Waals surface area contributed by atoms with Crippen molar-refractivity contribution in [2.75, 3.05) is 6.61 Å². The predicted octanol–water partition coefficient (Wildman–Crippen LogP) is 3.29. The Balaban J connectivity index is 1.90. The van der Waals surface area contributed by atoms with Crippen molar-refractivity contribution in [3.63, 3.8) is 0 Å². The van der Waals surface area contributed by atoms with Gasteiger partial charge in [0.15, 0.2) is 0 Å². The largest absolute Gasteiger partial charge is 0.490 e. The first kappa shape index (κ1) is 14.8. The normalized spacial score (nSPS) is 24.4. The average molecular weight is 328 g/mol. The molecule has 1 aromatic carbocycles. The van der Waals surface area contributed by atoms with Crippen LogP contribution in [0.15, 0.2) is 22.7 Å². The van der Waals surface area contributed by atoms with Crippen molar-refractivity contribution in [1.82, 2.24) is 0 Å². The summed E-state index contributed by atoms with van der Waals surface area (Å²) in [6.07, 6.45) is 3.68. The molecular weight excluding hydrogens is 306 g/mol. The molecule has 0 amide bonds. The van der Waals surface area contributed by atoms with E-state index in [1.54, 1.807) is 0 Å². The van der Waals surface area contributed by atoms with Crippen molar-refractivity contribution < 1.29 is 9.47 Å². The van der Waals surface area contributed by atoms with Gasteiger partial charge >= 0.3 is 0 Å². The van der Waals surface area contributed by atoms with Gasteiger partial charge in [0.1, 0.15) is 12.4 Å². The van der Waals surface area contributed by atoms with Gasteiger partial charge in [-0.05, 0) is 66.7 Å². The Morgan fingerprint density at radius 1 is 1.47 bits per heavy atom. The van der Waals surface area contributed by atoms with Gasteiger partial charge in [0.05, 0.1) is 16.7 Å². The number of ether oxygens (including phenoxy) is 2. The van der Waals surface area contributed by atoms with Crippen LogP contribution < -0.4 is 10.5 Å². The van der Waals surface area contributed by atoms with Gasteiger partial charge in [-0.1, -0.05) is 6.07 Å². The third-order valence-corrected chi connectivity index (χ3v) is 3.92. The molecule has 0 saturated carbocycles. The number of hydrogen-bond donors (Lipinski definition) is 1. The quantitative estimate of drug-likeness (QED) is 0.902. The molecule has 1 aliphatic rings. The zero-order valence-corrected chi connectivity index (χ0v) is 13.2. The Morgan fingerprint density at radius 3 is 2.84 bits per heavy atom. The molecule has 1 saturated heterocycles. The third kappa shape index (κ3) is 4.48. The first-order valence-corrected chi connectivity index (χ1v) is 7.66.